The lowest BCUT2D eigenvalue weighted by atomic mass is 9.95. The fraction of sp³-hybridized carbons (Fsp3) is 0.294. The number of rotatable bonds is 3. The van der Waals surface area contributed by atoms with Gasteiger partial charge in [-0.1, -0.05) is 29.8 Å². The molecule has 4 heteroatoms. The lowest BCUT2D eigenvalue weighted by Crippen LogP contribution is -2.19. The number of halogens is 3. The van der Waals surface area contributed by atoms with Crippen molar-refractivity contribution in [1.29, 1.82) is 0 Å². The molecule has 0 heterocycles. The van der Waals surface area contributed by atoms with Gasteiger partial charge in [0.1, 0.15) is 5.82 Å². The second kappa shape index (κ2) is 6.07. The van der Waals surface area contributed by atoms with Crippen LogP contribution in [0, 0.1) is 5.82 Å². The van der Waals surface area contributed by atoms with Crippen molar-refractivity contribution in [3.63, 3.8) is 0 Å². The van der Waals surface area contributed by atoms with Crippen LogP contribution in [0.1, 0.15) is 34.7 Å². The fourth-order valence-electron chi connectivity index (χ4n) is 3.03. The minimum absolute atomic E-state index is 0.193. The first-order valence-corrected chi connectivity index (χ1v) is 8.20. The van der Waals surface area contributed by atoms with Crippen LogP contribution in [0.15, 0.2) is 34.8 Å². The summed E-state index contributed by atoms with van der Waals surface area (Å²) in [5, 5.41) is 3.72. The zero-order valence-electron chi connectivity index (χ0n) is 11.7. The van der Waals surface area contributed by atoms with Crippen molar-refractivity contribution >= 4 is 27.5 Å². The number of benzene rings is 2. The Kier molecular flexibility index (Phi) is 4.34. The Morgan fingerprint density at radius 1 is 1.19 bits per heavy atom. The van der Waals surface area contributed by atoms with E-state index in [1.165, 1.54) is 23.6 Å². The van der Waals surface area contributed by atoms with Crippen molar-refractivity contribution in [2.45, 2.75) is 25.3 Å². The largest absolute Gasteiger partial charge is 0.309 e. The van der Waals surface area contributed by atoms with Crippen LogP contribution in [0.5, 0.6) is 0 Å². The highest BCUT2D eigenvalue weighted by Crippen LogP contribution is 2.33. The molecule has 1 aliphatic carbocycles. The van der Waals surface area contributed by atoms with Crippen molar-refractivity contribution in [2.75, 3.05) is 7.05 Å². The molecule has 0 saturated heterocycles. The highest BCUT2D eigenvalue weighted by atomic mass is 79.9. The molecular weight excluding hydrogens is 353 g/mol. The predicted octanol–water partition coefficient (Wildman–Crippen LogP) is 5.04. The molecule has 0 bridgehead atoms. The van der Waals surface area contributed by atoms with E-state index in [0.29, 0.717) is 15.1 Å². The Bertz CT molecular complexity index is 687. The average molecular weight is 369 g/mol. The fourth-order valence-corrected chi connectivity index (χ4v) is 3.52. The van der Waals surface area contributed by atoms with Gasteiger partial charge in [-0.15, -0.1) is 0 Å². The molecule has 0 radical (unpaired) electrons. The molecule has 0 aliphatic heterocycles. The zero-order valence-corrected chi connectivity index (χ0v) is 14.1. The summed E-state index contributed by atoms with van der Waals surface area (Å²) in [5.74, 6) is -0.258. The maximum absolute atomic E-state index is 14.3. The molecule has 1 atom stereocenters. The van der Waals surface area contributed by atoms with Crippen LogP contribution in [0.2, 0.25) is 5.02 Å². The van der Waals surface area contributed by atoms with Crippen molar-refractivity contribution in [2.24, 2.45) is 0 Å². The first kappa shape index (κ1) is 15.0. The number of aryl methyl sites for hydroxylation is 2. The maximum Gasteiger partial charge on any atom is 0.129 e. The second-order valence-electron chi connectivity index (χ2n) is 5.39. The van der Waals surface area contributed by atoms with Gasteiger partial charge in [-0.25, -0.2) is 4.39 Å². The van der Waals surface area contributed by atoms with E-state index in [1.54, 1.807) is 6.07 Å². The lowest BCUT2D eigenvalue weighted by molar-refractivity contribution is 0.575. The van der Waals surface area contributed by atoms with E-state index in [-0.39, 0.29) is 11.9 Å². The van der Waals surface area contributed by atoms with Crippen LogP contribution in [0.25, 0.3) is 0 Å². The summed E-state index contributed by atoms with van der Waals surface area (Å²) >= 11 is 9.38. The summed E-state index contributed by atoms with van der Waals surface area (Å²) < 4.78 is 14.9. The Hall–Kier alpha value is -0.900. The normalized spacial score (nSPS) is 15.0. The van der Waals surface area contributed by atoms with Crippen LogP contribution in [-0.4, -0.2) is 7.05 Å². The summed E-state index contributed by atoms with van der Waals surface area (Å²) in [6, 6.07) is 9.37. The highest BCUT2D eigenvalue weighted by molar-refractivity contribution is 9.10. The van der Waals surface area contributed by atoms with Crippen molar-refractivity contribution in [1.82, 2.24) is 5.32 Å². The van der Waals surface area contributed by atoms with E-state index in [2.05, 4.69) is 39.4 Å². The molecule has 0 aromatic heterocycles. The minimum Gasteiger partial charge on any atom is -0.309 e. The Morgan fingerprint density at radius 3 is 2.71 bits per heavy atom. The first-order chi connectivity index (χ1) is 10.1. The molecule has 0 amide bonds. The summed E-state index contributed by atoms with van der Waals surface area (Å²) in [4.78, 5) is 0. The molecule has 2 aromatic carbocycles. The average Bonchev–Trinajstić information content (AvgIpc) is 2.92. The van der Waals surface area contributed by atoms with Gasteiger partial charge in [0, 0.05) is 10.0 Å². The molecule has 21 heavy (non-hydrogen) atoms. The molecule has 0 spiro atoms. The molecule has 110 valence electrons. The van der Waals surface area contributed by atoms with Crippen LogP contribution in [0.4, 0.5) is 4.39 Å². The van der Waals surface area contributed by atoms with Crippen LogP contribution >= 0.6 is 27.5 Å². The molecule has 1 aliphatic rings. The third kappa shape index (κ3) is 2.87. The molecule has 1 unspecified atom stereocenters. The van der Waals surface area contributed by atoms with Gasteiger partial charge in [-0.2, -0.15) is 0 Å². The Labute approximate surface area is 137 Å². The topological polar surface area (TPSA) is 12.0 Å². The molecule has 2 aromatic rings. The van der Waals surface area contributed by atoms with Crippen molar-refractivity contribution < 1.29 is 4.39 Å². The SMILES string of the molecule is CNC(c1ccc2c(c1)CCC2)c1cc(Cl)c(Br)cc1F. The molecule has 1 nitrogen and oxygen atoms in total. The Balaban J connectivity index is 2.04. The quantitative estimate of drug-likeness (QED) is 0.748. The lowest BCUT2D eigenvalue weighted by Gasteiger charge is -2.19. The molecule has 3 rings (SSSR count). The highest BCUT2D eigenvalue weighted by Gasteiger charge is 2.20. The van der Waals surface area contributed by atoms with E-state index in [4.69, 9.17) is 11.6 Å². The van der Waals surface area contributed by atoms with Gasteiger partial charge >= 0.3 is 0 Å². The summed E-state index contributed by atoms with van der Waals surface area (Å²) in [7, 11) is 1.84. The van der Waals surface area contributed by atoms with Crippen LogP contribution in [0.3, 0.4) is 0 Å². The van der Waals surface area contributed by atoms with Crippen molar-refractivity contribution in [3.05, 3.63) is 67.9 Å². The molecule has 0 saturated carbocycles. The number of fused-ring (bicyclic) bond motifs is 1. The van der Waals surface area contributed by atoms with Gasteiger partial charge in [0.15, 0.2) is 0 Å². The van der Waals surface area contributed by atoms with Gasteiger partial charge in [0.2, 0.25) is 0 Å². The van der Waals surface area contributed by atoms with E-state index in [1.807, 2.05) is 7.05 Å². The van der Waals surface area contributed by atoms with Gasteiger partial charge in [-0.05, 0) is 71.1 Å². The summed E-state index contributed by atoms with van der Waals surface area (Å²) in [6.07, 6.45) is 3.48. The van der Waals surface area contributed by atoms with E-state index in [0.717, 1.165) is 18.4 Å². The first-order valence-electron chi connectivity index (χ1n) is 7.03. The van der Waals surface area contributed by atoms with Gasteiger partial charge < -0.3 is 5.32 Å². The van der Waals surface area contributed by atoms with Crippen molar-refractivity contribution in [3.8, 4) is 0 Å². The van der Waals surface area contributed by atoms with Crippen LogP contribution < -0.4 is 5.32 Å². The monoisotopic (exact) mass is 367 g/mol. The predicted molar refractivity (Wildman–Crippen MR) is 88.5 cm³/mol. The third-order valence-corrected chi connectivity index (χ3v) is 5.29. The zero-order chi connectivity index (χ0) is 15.0. The minimum atomic E-state index is -0.258. The number of hydrogen-bond donors (Lipinski definition) is 1. The molecule has 1 N–H and O–H groups in total. The van der Waals surface area contributed by atoms with Gasteiger partial charge in [0.05, 0.1) is 11.1 Å². The number of nitrogens with one attached hydrogen (secondary N) is 1. The third-order valence-electron chi connectivity index (χ3n) is 4.10. The second-order valence-corrected chi connectivity index (χ2v) is 6.65. The standard InChI is InChI=1S/C17H16BrClFN/c1-21-17(13-8-15(19)14(18)9-16(13)20)12-6-5-10-3-2-4-11(10)7-12/h5-9,17,21H,2-4H2,1H3. The summed E-state index contributed by atoms with van der Waals surface area (Å²) in [5.41, 5.74) is 4.46. The van der Waals surface area contributed by atoms with E-state index >= 15 is 0 Å². The van der Waals surface area contributed by atoms with E-state index in [9.17, 15) is 4.39 Å². The smallest absolute Gasteiger partial charge is 0.129 e. The van der Waals surface area contributed by atoms with Gasteiger partial charge in [-0.3, -0.25) is 0 Å². The molecule has 0 fully saturated rings. The summed E-state index contributed by atoms with van der Waals surface area (Å²) in [6.45, 7) is 0. The van der Waals surface area contributed by atoms with Crippen LogP contribution in [-0.2, 0) is 12.8 Å². The Morgan fingerprint density at radius 2 is 1.95 bits per heavy atom. The maximum atomic E-state index is 14.3. The van der Waals surface area contributed by atoms with E-state index < -0.39 is 0 Å². The number of hydrogen-bond acceptors (Lipinski definition) is 1. The van der Waals surface area contributed by atoms with Gasteiger partial charge in [0.25, 0.3) is 0 Å². The molecular formula is C17H16BrClFN.